The van der Waals surface area contributed by atoms with E-state index in [9.17, 15) is 0 Å². The predicted octanol–water partition coefficient (Wildman–Crippen LogP) is -5.14. The quantitative estimate of drug-likeness (QED) is 0.287. The van der Waals surface area contributed by atoms with Crippen molar-refractivity contribution in [3.63, 3.8) is 0 Å². The van der Waals surface area contributed by atoms with Gasteiger partial charge in [0.05, 0.1) is 11.4 Å². The van der Waals surface area contributed by atoms with Gasteiger partial charge in [0.1, 0.15) is 0 Å². The zero-order valence-corrected chi connectivity index (χ0v) is 6.60. The maximum absolute atomic E-state index is 5.39. The molecule has 0 heterocycles. The largest absolute Gasteiger partial charge is 1.00 e. The number of rotatable bonds is 0. The van der Waals surface area contributed by atoms with Crippen molar-refractivity contribution < 1.29 is 31.3 Å². The second-order valence-corrected chi connectivity index (χ2v) is 1.63. The summed E-state index contributed by atoms with van der Waals surface area (Å²) in [5.74, 6) is 0. The van der Waals surface area contributed by atoms with Crippen molar-refractivity contribution in [2.24, 2.45) is 0 Å². The molecule has 4 N–H and O–H groups in total. The van der Waals surface area contributed by atoms with Crippen molar-refractivity contribution in [2.75, 3.05) is 11.5 Å². The van der Waals surface area contributed by atoms with Crippen LogP contribution in [-0.2, 0) is 0 Å². The normalized spacial score (nSPS) is 7.20. The van der Waals surface area contributed by atoms with Crippen LogP contribution >= 0.6 is 0 Å². The molecular weight excluding hydrogens is 142 g/mol. The Morgan fingerprint density at radius 1 is 0.900 bits per heavy atom. The SMILES string of the molecule is Nc1ccccc1N.[Cl-].[Li+]. The smallest absolute Gasteiger partial charge is 1.00 e. The molecule has 10 heavy (non-hydrogen) atoms. The average Bonchev–Trinajstić information content (AvgIpc) is 1.77. The van der Waals surface area contributed by atoms with E-state index in [2.05, 4.69) is 0 Å². The van der Waals surface area contributed by atoms with Gasteiger partial charge >= 0.3 is 18.9 Å². The van der Waals surface area contributed by atoms with Crippen LogP contribution in [0.15, 0.2) is 24.3 Å². The van der Waals surface area contributed by atoms with Crippen LogP contribution in [0.25, 0.3) is 0 Å². The molecule has 0 saturated heterocycles. The molecule has 0 bridgehead atoms. The summed E-state index contributed by atoms with van der Waals surface area (Å²) in [6, 6.07) is 7.25. The maximum Gasteiger partial charge on any atom is 1.00 e. The van der Waals surface area contributed by atoms with Crippen LogP contribution < -0.4 is 42.7 Å². The number of benzene rings is 1. The number of para-hydroxylation sites is 2. The predicted molar refractivity (Wildman–Crippen MR) is 35.3 cm³/mol. The van der Waals surface area contributed by atoms with Crippen molar-refractivity contribution >= 4 is 11.4 Å². The van der Waals surface area contributed by atoms with Gasteiger partial charge in [-0.3, -0.25) is 0 Å². The summed E-state index contributed by atoms with van der Waals surface area (Å²) in [6.07, 6.45) is 0. The van der Waals surface area contributed by atoms with Gasteiger partial charge in [-0.1, -0.05) is 12.1 Å². The van der Waals surface area contributed by atoms with Crippen molar-refractivity contribution in [2.45, 2.75) is 0 Å². The minimum atomic E-state index is 0. The number of nitrogens with two attached hydrogens (primary N) is 2. The van der Waals surface area contributed by atoms with Gasteiger partial charge in [0, 0.05) is 0 Å². The fraction of sp³-hybridized carbons (Fsp3) is 0. The summed E-state index contributed by atoms with van der Waals surface area (Å²) in [7, 11) is 0. The molecule has 1 aromatic rings. The van der Waals surface area contributed by atoms with Crippen molar-refractivity contribution in [3.05, 3.63) is 24.3 Å². The van der Waals surface area contributed by atoms with E-state index in [1.807, 2.05) is 12.1 Å². The van der Waals surface area contributed by atoms with Crippen LogP contribution in [0.2, 0.25) is 0 Å². The summed E-state index contributed by atoms with van der Waals surface area (Å²) in [5, 5.41) is 0. The third-order valence-electron chi connectivity index (χ3n) is 0.996. The second kappa shape index (κ2) is 5.49. The molecule has 0 aliphatic rings. The molecule has 0 fully saturated rings. The Kier molecular flexibility index (Phi) is 6.80. The van der Waals surface area contributed by atoms with Gasteiger partial charge < -0.3 is 23.9 Å². The molecule has 4 heteroatoms. The molecule has 0 aliphatic heterocycles. The third-order valence-corrected chi connectivity index (χ3v) is 0.996. The molecule has 0 amide bonds. The van der Waals surface area contributed by atoms with Crippen molar-refractivity contribution in [1.82, 2.24) is 0 Å². The van der Waals surface area contributed by atoms with E-state index in [0.717, 1.165) is 0 Å². The molecule has 0 spiro atoms. The molecule has 0 unspecified atom stereocenters. The Hall–Kier alpha value is -0.293. The summed E-state index contributed by atoms with van der Waals surface area (Å²) in [5.41, 5.74) is 12.1. The molecule has 0 saturated carbocycles. The van der Waals surface area contributed by atoms with Crippen molar-refractivity contribution in [3.8, 4) is 0 Å². The van der Waals surface area contributed by atoms with E-state index in [1.165, 1.54) is 0 Å². The van der Waals surface area contributed by atoms with Gasteiger partial charge in [0.2, 0.25) is 0 Å². The first kappa shape index (κ1) is 12.4. The molecular formula is C6H8ClLiN2. The summed E-state index contributed by atoms with van der Waals surface area (Å²) >= 11 is 0. The number of halogens is 1. The van der Waals surface area contributed by atoms with Gasteiger partial charge in [-0.15, -0.1) is 0 Å². The van der Waals surface area contributed by atoms with Crippen LogP contribution in [-0.4, -0.2) is 0 Å². The first-order chi connectivity index (χ1) is 3.80. The monoisotopic (exact) mass is 150 g/mol. The van der Waals surface area contributed by atoms with E-state index < -0.39 is 0 Å². The number of hydrogen-bond acceptors (Lipinski definition) is 2. The van der Waals surface area contributed by atoms with E-state index in [1.54, 1.807) is 12.1 Å². The zero-order valence-electron chi connectivity index (χ0n) is 5.84. The van der Waals surface area contributed by atoms with E-state index in [-0.39, 0.29) is 31.3 Å². The number of hydrogen-bond donors (Lipinski definition) is 2. The standard InChI is InChI=1S/C6H8N2.ClH.Li/c7-5-3-1-2-4-6(5)8;;/h1-4H,7-8H2;1H;/q;;+1/p-1. The van der Waals surface area contributed by atoms with Gasteiger partial charge in [0.25, 0.3) is 0 Å². The molecule has 0 radical (unpaired) electrons. The van der Waals surface area contributed by atoms with Crippen LogP contribution in [0.4, 0.5) is 11.4 Å². The molecule has 1 aromatic carbocycles. The Morgan fingerprint density at radius 3 is 1.40 bits per heavy atom. The first-order valence-corrected chi connectivity index (χ1v) is 2.40. The molecule has 50 valence electrons. The number of anilines is 2. The van der Waals surface area contributed by atoms with E-state index in [0.29, 0.717) is 11.4 Å². The van der Waals surface area contributed by atoms with Gasteiger partial charge in [-0.25, -0.2) is 0 Å². The average molecular weight is 151 g/mol. The molecule has 0 atom stereocenters. The third kappa shape index (κ3) is 3.02. The first-order valence-electron chi connectivity index (χ1n) is 2.40. The fourth-order valence-electron chi connectivity index (χ4n) is 0.511. The van der Waals surface area contributed by atoms with Crippen LogP contribution in [0, 0.1) is 0 Å². The van der Waals surface area contributed by atoms with Gasteiger partial charge in [-0.05, 0) is 12.1 Å². The Labute approximate surface area is 78.6 Å². The summed E-state index contributed by atoms with van der Waals surface area (Å²) in [6.45, 7) is 0. The van der Waals surface area contributed by atoms with E-state index >= 15 is 0 Å². The summed E-state index contributed by atoms with van der Waals surface area (Å²) < 4.78 is 0. The molecule has 0 aromatic heterocycles. The van der Waals surface area contributed by atoms with Crippen LogP contribution in [0.3, 0.4) is 0 Å². The van der Waals surface area contributed by atoms with Crippen LogP contribution in [0.1, 0.15) is 0 Å². The topological polar surface area (TPSA) is 52.0 Å². The number of nitrogen functional groups attached to an aromatic ring is 2. The van der Waals surface area contributed by atoms with Gasteiger partial charge in [0.15, 0.2) is 0 Å². The van der Waals surface area contributed by atoms with Crippen molar-refractivity contribution in [1.29, 1.82) is 0 Å². The summed E-state index contributed by atoms with van der Waals surface area (Å²) in [4.78, 5) is 0. The Balaban J connectivity index is 0. The molecule has 1 rings (SSSR count). The minimum absolute atomic E-state index is 0. The zero-order chi connectivity index (χ0) is 5.98. The second-order valence-electron chi connectivity index (χ2n) is 1.63. The molecule has 2 nitrogen and oxygen atoms in total. The van der Waals surface area contributed by atoms with Gasteiger partial charge in [-0.2, -0.15) is 0 Å². The van der Waals surface area contributed by atoms with Crippen LogP contribution in [0.5, 0.6) is 0 Å². The van der Waals surface area contributed by atoms with E-state index in [4.69, 9.17) is 11.5 Å². The minimum Gasteiger partial charge on any atom is -1.00 e. The Bertz CT molecular complexity index is 172. The molecule has 0 aliphatic carbocycles. The Morgan fingerprint density at radius 2 is 1.20 bits per heavy atom. The maximum atomic E-state index is 5.39. The fourth-order valence-corrected chi connectivity index (χ4v) is 0.511.